The number of nitrogens with zero attached hydrogens (tertiary/aromatic N) is 2. The molecule has 0 aliphatic rings. The Morgan fingerprint density at radius 2 is 1.77 bits per heavy atom. The highest BCUT2D eigenvalue weighted by atomic mass is 16.5. The van der Waals surface area contributed by atoms with Gasteiger partial charge in [0.25, 0.3) is 5.91 Å². The van der Waals surface area contributed by atoms with Gasteiger partial charge in [0.2, 0.25) is 0 Å². The lowest BCUT2D eigenvalue weighted by Gasteiger charge is -2.04. The summed E-state index contributed by atoms with van der Waals surface area (Å²) in [6, 6.07) is 19.9. The van der Waals surface area contributed by atoms with Crippen LogP contribution in [0.2, 0.25) is 0 Å². The van der Waals surface area contributed by atoms with Crippen molar-refractivity contribution in [2.45, 2.75) is 26.3 Å². The maximum atomic E-state index is 12.1. The molecule has 1 N–H and O–H groups in total. The number of esters is 1. The molecular formula is C25H27N3O3. The summed E-state index contributed by atoms with van der Waals surface area (Å²) in [6.07, 6.45) is 6.79. The first-order valence-electron chi connectivity index (χ1n) is 10.4. The number of hydrogen-bond donors (Lipinski definition) is 1. The van der Waals surface area contributed by atoms with Crippen molar-refractivity contribution in [2.75, 3.05) is 13.2 Å². The molecule has 6 heteroatoms. The minimum absolute atomic E-state index is 0.286. The Morgan fingerprint density at radius 3 is 2.48 bits per heavy atom. The molecule has 0 unspecified atom stereocenters. The van der Waals surface area contributed by atoms with E-state index in [1.165, 1.54) is 6.08 Å². The number of amides is 1. The van der Waals surface area contributed by atoms with Crippen LogP contribution in [-0.4, -0.2) is 34.8 Å². The highest BCUT2D eigenvalue weighted by Crippen LogP contribution is 2.23. The monoisotopic (exact) mass is 417 g/mol. The average Bonchev–Trinajstić information content (AvgIpc) is 3.20. The van der Waals surface area contributed by atoms with E-state index in [9.17, 15) is 9.59 Å². The molecule has 0 fully saturated rings. The molecule has 3 aromatic rings. The van der Waals surface area contributed by atoms with Crippen LogP contribution in [0.5, 0.6) is 0 Å². The number of nitrogens with one attached hydrogen (secondary N) is 1. The van der Waals surface area contributed by atoms with Gasteiger partial charge in [-0.05, 0) is 18.1 Å². The molecular weight excluding hydrogens is 390 g/mol. The zero-order chi connectivity index (χ0) is 21.9. The van der Waals surface area contributed by atoms with E-state index >= 15 is 0 Å². The van der Waals surface area contributed by atoms with E-state index < -0.39 is 5.97 Å². The normalized spacial score (nSPS) is 10.9. The lowest BCUT2D eigenvalue weighted by atomic mass is 10.1. The van der Waals surface area contributed by atoms with E-state index in [2.05, 4.69) is 5.32 Å². The van der Waals surface area contributed by atoms with Gasteiger partial charge in [0, 0.05) is 29.9 Å². The summed E-state index contributed by atoms with van der Waals surface area (Å²) in [6.45, 7) is 2.97. The Kier molecular flexibility index (Phi) is 8.17. The van der Waals surface area contributed by atoms with E-state index in [-0.39, 0.29) is 12.5 Å². The van der Waals surface area contributed by atoms with Crippen LogP contribution in [0, 0.1) is 0 Å². The third kappa shape index (κ3) is 6.96. The smallest absolute Gasteiger partial charge is 0.331 e. The average molecular weight is 418 g/mol. The van der Waals surface area contributed by atoms with Crippen molar-refractivity contribution in [1.82, 2.24) is 15.1 Å². The minimum atomic E-state index is -0.569. The molecule has 0 spiro atoms. The zero-order valence-corrected chi connectivity index (χ0v) is 17.7. The Balaban J connectivity index is 1.70. The van der Waals surface area contributed by atoms with Gasteiger partial charge in [-0.2, -0.15) is 5.10 Å². The Bertz CT molecular complexity index is 1010. The van der Waals surface area contributed by atoms with Gasteiger partial charge >= 0.3 is 5.97 Å². The van der Waals surface area contributed by atoms with Crippen molar-refractivity contribution in [3.8, 4) is 11.3 Å². The van der Waals surface area contributed by atoms with Gasteiger partial charge in [-0.25, -0.2) is 4.79 Å². The van der Waals surface area contributed by atoms with Gasteiger partial charge in [-0.3, -0.25) is 9.48 Å². The SMILES string of the molecule is CCCCNC(=O)COC(=O)/C=C/c1cn(Cc2ccccc2)nc1-c1ccccc1. The van der Waals surface area contributed by atoms with Crippen molar-refractivity contribution >= 4 is 18.0 Å². The lowest BCUT2D eigenvalue weighted by molar-refractivity contribution is -0.143. The van der Waals surface area contributed by atoms with Crippen molar-refractivity contribution in [3.63, 3.8) is 0 Å². The van der Waals surface area contributed by atoms with E-state index in [0.29, 0.717) is 13.1 Å². The molecule has 1 amide bonds. The Morgan fingerprint density at radius 1 is 1.06 bits per heavy atom. The molecule has 0 bridgehead atoms. The molecule has 1 heterocycles. The zero-order valence-electron chi connectivity index (χ0n) is 17.7. The van der Waals surface area contributed by atoms with Crippen molar-refractivity contribution in [2.24, 2.45) is 0 Å². The van der Waals surface area contributed by atoms with Crippen LogP contribution in [0.15, 0.2) is 72.9 Å². The van der Waals surface area contributed by atoms with Crippen LogP contribution in [0.3, 0.4) is 0 Å². The molecule has 0 aliphatic heterocycles. The fourth-order valence-corrected chi connectivity index (χ4v) is 3.03. The number of hydrogen-bond acceptors (Lipinski definition) is 4. The van der Waals surface area contributed by atoms with Crippen LogP contribution in [0.25, 0.3) is 17.3 Å². The summed E-state index contributed by atoms with van der Waals surface area (Å²) >= 11 is 0. The molecule has 0 saturated carbocycles. The maximum absolute atomic E-state index is 12.1. The molecule has 3 rings (SSSR count). The van der Waals surface area contributed by atoms with E-state index in [1.54, 1.807) is 6.08 Å². The summed E-state index contributed by atoms with van der Waals surface area (Å²) in [5, 5.41) is 7.44. The van der Waals surface area contributed by atoms with Gasteiger partial charge in [-0.1, -0.05) is 74.0 Å². The van der Waals surface area contributed by atoms with Gasteiger partial charge in [0.15, 0.2) is 6.61 Å². The lowest BCUT2D eigenvalue weighted by Crippen LogP contribution is -2.29. The summed E-state index contributed by atoms with van der Waals surface area (Å²) < 4.78 is 6.89. The Hall–Kier alpha value is -3.67. The van der Waals surface area contributed by atoms with Gasteiger partial charge < -0.3 is 10.1 Å². The molecule has 0 saturated heterocycles. The Labute approximate surface area is 182 Å². The van der Waals surface area contributed by atoms with Crippen LogP contribution in [-0.2, 0) is 20.9 Å². The summed E-state index contributed by atoms with van der Waals surface area (Å²) in [5.41, 5.74) is 3.66. The summed E-state index contributed by atoms with van der Waals surface area (Å²) in [5.74, 6) is -0.865. The van der Waals surface area contributed by atoms with Gasteiger partial charge in [0.1, 0.15) is 0 Å². The highest BCUT2D eigenvalue weighted by molar-refractivity contribution is 5.90. The maximum Gasteiger partial charge on any atom is 0.331 e. The fraction of sp³-hybridized carbons (Fsp3) is 0.240. The van der Waals surface area contributed by atoms with E-state index in [1.807, 2.05) is 78.5 Å². The summed E-state index contributed by atoms with van der Waals surface area (Å²) in [7, 11) is 0. The number of carbonyl (C=O) groups excluding carboxylic acids is 2. The third-order valence-electron chi connectivity index (χ3n) is 4.62. The first-order chi connectivity index (χ1) is 15.2. The predicted octanol–water partition coefficient (Wildman–Crippen LogP) is 4.07. The largest absolute Gasteiger partial charge is 0.452 e. The van der Waals surface area contributed by atoms with E-state index in [0.717, 1.165) is 35.2 Å². The van der Waals surface area contributed by atoms with E-state index in [4.69, 9.17) is 9.84 Å². The highest BCUT2D eigenvalue weighted by Gasteiger charge is 2.11. The molecule has 160 valence electrons. The number of rotatable bonds is 10. The van der Waals surface area contributed by atoms with Crippen LogP contribution in [0.1, 0.15) is 30.9 Å². The van der Waals surface area contributed by atoms with Crippen LogP contribution in [0.4, 0.5) is 0 Å². The number of carbonyl (C=O) groups is 2. The molecule has 0 atom stereocenters. The van der Waals surface area contributed by atoms with Crippen LogP contribution < -0.4 is 5.32 Å². The molecule has 2 aromatic carbocycles. The van der Waals surface area contributed by atoms with Crippen molar-refractivity contribution in [3.05, 3.63) is 84.1 Å². The molecule has 31 heavy (non-hydrogen) atoms. The first-order valence-corrected chi connectivity index (χ1v) is 10.4. The first kappa shape index (κ1) is 22.0. The number of ether oxygens (including phenoxy) is 1. The van der Waals surface area contributed by atoms with Gasteiger partial charge in [0.05, 0.1) is 12.2 Å². The number of unbranched alkanes of at least 4 members (excludes halogenated alkanes) is 1. The molecule has 0 radical (unpaired) electrons. The summed E-state index contributed by atoms with van der Waals surface area (Å²) in [4.78, 5) is 23.8. The van der Waals surface area contributed by atoms with Gasteiger partial charge in [-0.15, -0.1) is 0 Å². The van der Waals surface area contributed by atoms with Crippen LogP contribution >= 0.6 is 0 Å². The molecule has 0 aliphatic carbocycles. The number of benzene rings is 2. The van der Waals surface area contributed by atoms with Crippen molar-refractivity contribution < 1.29 is 14.3 Å². The van der Waals surface area contributed by atoms with Crippen molar-refractivity contribution in [1.29, 1.82) is 0 Å². The predicted molar refractivity (Wildman–Crippen MR) is 121 cm³/mol. The minimum Gasteiger partial charge on any atom is -0.452 e. The number of aromatic nitrogens is 2. The second kappa shape index (κ2) is 11.5. The topological polar surface area (TPSA) is 73.2 Å². The second-order valence-corrected chi connectivity index (χ2v) is 7.13. The fourth-order valence-electron chi connectivity index (χ4n) is 3.03. The second-order valence-electron chi connectivity index (χ2n) is 7.13. The molecule has 1 aromatic heterocycles. The quantitative estimate of drug-likeness (QED) is 0.307. The third-order valence-corrected chi connectivity index (χ3v) is 4.62. The molecule has 6 nitrogen and oxygen atoms in total. The standard InChI is InChI=1S/C25H27N3O3/c1-2-3-16-26-23(29)19-31-24(30)15-14-22-18-28(17-20-10-6-4-7-11-20)27-25(22)21-12-8-5-9-13-21/h4-15,18H,2-3,16-17,19H2,1H3,(H,26,29)/b15-14+.